The molecular weight excluding hydrogens is 254 g/mol. The molecule has 1 fully saturated rings. The smallest absolute Gasteiger partial charge is 0.198 e. The molecule has 1 aromatic heterocycles. The van der Waals surface area contributed by atoms with Gasteiger partial charge >= 0.3 is 0 Å². The summed E-state index contributed by atoms with van der Waals surface area (Å²) in [7, 11) is 0. The minimum Gasteiger partial charge on any atom is -0.439 e. The lowest BCUT2D eigenvalue weighted by molar-refractivity contribution is 0.473. The van der Waals surface area contributed by atoms with E-state index < -0.39 is 0 Å². The average molecular weight is 266 g/mol. The van der Waals surface area contributed by atoms with Gasteiger partial charge in [0.15, 0.2) is 11.5 Å². The van der Waals surface area contributed by atoms with E-state index in [4.69, 9.17) is 4.42 Å². The zero-order valence-corrected chi connectivity index (χ0v) is 9.96. The summed E-state index contributed by atoms with van der Waals surface area (Å²) in [4.78, 5) is 4.56. The molecule has 0 radical (unpaired) electrons. The number of benzene rings is 1. The average Bonchev–Trinajstić information content (AvgIpc) is 2.86. The number of oxazole rings is 1. The van der Waals surface area contributed by atoms with Gasteiger partial charge in [0.2, 0.25) is 0 Å². The van der Waals surface area contributed by atoms with Crippen molar-refractivity contribution in [3.05, 3.63) is 28.6 Å². The topological polar surface area (TPSA) is 26.0 Å². The number of para-hydroxylation sites is 1. The number of nitrogens with zero attached hydrogens (tertiary/aromatic N) is 1. The van der Waals surface area contributed by atoms with Crippen LogP contribution in [0.5, 0.6) is 0 Å². The van der Waals surface area contributed by atoms with Gasteiger partial charge in [0, 0.05) is 5.92 Å². The van der Waals surface area contributed by atoms with Gasteiger partial charge in [0.25, 0.3) is 0 Å². The number of halogens is 1. The molecule has 3 heteroatoms. The summed E-state index contributed by atoms with van der Waals surface area (Å²) in [6.07, 6.45) is 5.07. The van der Waals surface area contributed by atoms with Gasteiger partial charge in [0.1, 0.15) is 5.52 Å². The van der Waals surface area contributed by atoms with Gasteiger partial charge in [-0.3, -0.25) is 0 Å². The van der Waals surface area contributed by atoms with E-state index in [0.717, 1.165) is 21.5 Å². The number of hydrogen-bond donors (Lipinski definition) is 0. The molecule has 2 aromatic rings. The third-order valence-electron chi connectivity index (χ3n) is 3.09. The van der Waals surface area contributed by atoms with Gasteiger partial charge in [-0.2, -0.15) is 0 Å². The van der Waals surface area contributed by atoms with E-state index in [0.29, 0.717) is 5.92 Å². The minimum absolute atomic E-state index is 0.546. The Morgan fingerprint density at radius 1 is 1.27 bits per heavy atom. The van der Waals surface area contributed by atoms with E-state index in [1.54, 1.807) is 0 Å². The maximum atomic E-state index is 5.82. The van der Waals surface area contributed by atoms with Crippen LogP contribution < -0.4 is 0 Å². The zero-order chi connectivity index (χ0) is 10.3. The standard InChI is InChI=1S/C12H12BrNO/c13-9-6-3-7-10-11(9)15-12(14-10)8-4-1-2-5-8/h3,6-8H,1-2,4-5H2. The Bertz CT molecular complexity index is 485. The molecule has 1 aromatic carbocycles. The van der Waals surface area contributed by atoms with Crippen molar-refractivity contribution in [1.82, 2.24) is 4.98 Å². The highest BCUT2D eigenvalue weighted by atomic mass is 79.9. The van der Waals surface area contributed by atoms with Gasteiger partial charge < -0.3 is 4.42 Å². The maximum Gasteiger partial charge on any atom is 0.198 e. The van der Waals surface area contributed by atoms with E-state index in [-0.39, 0.29) is 0 Å². The normalized spacial score (nSPS) is 17.7. The first-order valence-corrected chi connectivity index (χ1v) is 6.19. The molecule has 0 saturated heterocycles. The van der Waals surface area contributed by atoms with E-state index in [2.05, 4.69) is 20.9 Å². The molecule has 0 amide bonds. The van der Waals surface area contributed by atoms with E-state index in [9.17, 15) is 0 Å². The van der Waals surface area contributed by atoms with Crippen molar-refractivity contribution in [2.45, 2.75) is 31.6 Å². The Balaban J connectivity index is 2.09. The lowest BCUT2D eigenvalue weighted by atomic mass is 10.1. The Morgan fingerprint density at radius 3 is 2.80 bits per heavy atom. The van der Waals surface area contributed by atoms with Crippen molar-refractivity contribution in [3.63, 3.8) is 0 Å². The molecule has 15 heavy (non-hydrogen) atoms. The SMILES string of the molecule is Brc1cccc2nc(C3CCCC3)oc12. The van der Waals surface area contributed by atoms with Gasteiger partial charge in [-0.05, 0) is 40.9 Å². The lowest BCUT2D eigenvalue weighted by Gasteiger charge is -2.00. The van der Waals surface area contributed by atoms with Gasteiger partial charge in [0.05, 0.1) is 4.47 Å². The predicted molar refractivity (Wildman–Crippen MR) is 62.9 cm³/mol. The molecule has 1 saturated carbocycles. The van der Waals surface area contributed by atoms with Crippen molar-refractivity contribution in [2.24, 2.45) is 0 Å². The summed E-state index contributed by atoms with van der Waals surface area (Å²) in [5.74, 6) is 1.47. The first kappa shape index (κ1) is 9.40. The summed E-state index contributed by atoms with van der Waals surface area (Å²) in [6.45, 7) is 0. The summed E-state index contributed by atoms with van der Waals surface area (Å²) in [6, 6.07) is 5.99. The highest BCUT2D eigenvalue weighted by molar-refractivity contribution is 9.10. The second kappa shape index (κ2) is 3.63. The van der Waals surface area contributed by atoms with Crippen LogP contribution in [-0.2, 0) is 0 Å². The third-order valence-corrected chi connectivity index (χ3v) is 3.71. The third kappa shape index (κ3) is 1.59. The Hall–Kier alpha value is -0.830. The van der Waals surface area contributed by atoms with E-state index >= 15 is 0 Å². The second-order valence-electron chi connectivity index (χ2n) is 4.12. The molecule has 0 unspecified atom stereocenters. The van der Waals surface area contributed by atoms with Crippen LogP contribution in [0.15, 0.2) is 27.1 Å². The lowest BCUT2D eigenvalue weighted by Crippen LogP contribution is -1.90. The molecular formula is C12H12BrNO. The summed E-state index contributed by atoms with van der Waals surface area (Å²) >= 11 is 3.49. The van der Waals surface area contributed by atoms with Crippen LogP contribution in [0, 0.1) is 0 Å². The van der Waals surface area contributed by atoms with Crippen LogP contribution >= 0.6 is 15.9 Å². The molecule has 78 valence electrons. The molecule has 0 N–H and O–H groups in total. The van der Waals surface area contributed by atoms with Gasteiger partial charge in [-0.25, -0.2) is 4.98 Å². The molecule has 3 rings (SSSR count). The first-order valence-electron chi connectivity index (χ1n) is 5.39. The van der Waals surface area contributed by atoms with E-state index in [1.165, 1.54) is 25.7 Å². The van der Waals surface area contributed by atoms with Crippen molar-refractivity contribution >= 4 is 27.0 Å². The quantitative estimate of drug-likeness (QED) is 0.771. The predicted octanol–water partition coefficient (Wildman–Crippen LogP) is 4.25. The molecule has 0 spiro atoms. The van der Waals surface area contributed by atoms with Crippen molar-refractivity contribution in [3.8, 4) is 0 Å². The Kier molecular flexibility index (Phi) is 2.28. The Morgan fingerprint density at radius 2 is 2.07 bits per heavy atom. The van der Waals surface area contributed by atoms with Crippen LogP contribution in [0.1, 0.15) is 37.5 Å². The van der Waals surface area contributed by atoms with Crippen molar-refractivity contribution < 1.29 is 4.42 Å². The number of rotatable bonds is 1. The fourth-order valence-corrected chi connectivity index (χ4v) is 2.72. The maximum absolute atomic E-state index is 5.82. The molecule has 2 nitrogen and oxygen atoms in total. The van der Waals surface area contributed by atoms with Crippen LogP contribution in [0.4, 0.5) is 0 Å². The zero-order valence-electron chi connectivity index (χ0n) is 8.37. The second-order valence-corrected chi connectivity index (χ2v) is 4.98. The summed E-state index contributed by atoms with van der Waals surface area (Å²) in [5.41, 5.74) is 1.85. The van der Waals surface area contributed by atoms with Crippen LogP contribution in [-0.4, -0.2) is 4.98 Å². The fraction of sp³-hybridized carbons (Fsp3) is 0.417. The number of hydrogen-bond acceptors (Lipinski definition) is 2. The van der Waals surface area contributed by atoms with Gasteiger partial charge in [-0.15, -0.1) is 0 Å². The monoisotopic (exact) mass is 265 g/mol. The summed E-state index contributed by atoms with van der Waals surface area (Å²) < 4.78 is 6.82. The summed E-state index contributed by atoms with van der Waals surface area (Å²) in [5, 5.41) is 0. The first-order chi connectivity index (χ1) is 7.34. The fourth-order valence-electron chi connectivity index (χ4n) is 2.28. The molecule has 1 heterocycles. The number of aromatic nitrogens is 1. The van der Waals surface area contributed by atoms with Crippen LogP contribution in [0.25, 0.3) is 11.1 Å². The highest BCUT2D eigenvalue weighted by Gasteiger charge is 2.22. The largest absolute Gasteiger partial charge is 0.439 e. The molecule has 1 aliphatic rings. The van der Waals surface area contributed by atoms with Gasteiger partial charge in [-0.1, -0.05) is 18.9 Å². The molecule has 1 aliphatic carbocycles. The number of fused-ring (bicyclic) bond motifs is 1. The Labute approximate surface area is 96.8 Å². The van der Waals surface area contributed by atoms with Crippen molar-refractivity contribution in [1.29, 1.82) is 0 Å². The minimum atomic E-state index is 0.546. The van der Waals surface area contributed by atoms with Crippen molar-refractivity contribution in [2.75, 3.05) is 0 Å². The molecule has 0 aliphatic heterocycles. The molecule has 0 atom stereocenters. The molecule has 0 bridgehead atoms. The highest BCUT2D eigenvalue weighted by Crippen LogP contribution is 2.36. The van der Waals surface area contributed by atoms with Crippen LogP contribution in [0.3, 0.4) is 0 Å². The van der Waals surface area contributed by atoms with E-state index in [1.807, 2.05) is 18.2 Å². The van der Waals surface area contributed by atoms with Crippen LogP contribution in [0.2, 0.25) is 0 Å².